The highest BCUT2D eigenvalue weighted by Crippen LogP contribution is 2.58. The Labute approximate surface area is 149 Å². The Morgan fingerprint density at radius 2 is 1.42 bits per heavy atom. The maximum absolute atomic E-state index is 6.27. The van der Waals surface area contributed by atoms with Crippen LogP contribution in [0.3, 0.4) is 0 Å². The lowest BCUT2D eigenvalue weighted by atomic mass is 9.68. The van der Waals surface area contributed by atoms with Gasteiger partial charge in [0.05, 0.1) is 7.11 Å². The second-order valence-electron chi connectivity index (χ2n) is 10.2. The van der Waals surface area contributed by atoms with Crippen molar-refractivity contribution in [2.24, 2.45) is 41.4 Å². The monoisotopic (exact) mass is 348 g/mol. The standard InChI is InChI=1S/C21H36O2Si/c1-22-21(23-24(2,3)4)13-20(18-11-14-5-7-16(18)9-14)19-12-15-6-8-17(19)10-15/h13-20H,5-12H2,1-4H3/b21-13+/t14-,15+,16+,17-,18?,19?,20?. The molecule has 0 heterocycles. The first-order valence-corrected chi connectivity index (χ1v) is 13.8. The number of hydrogen-bond donors (Lipinski definition) is 0. The Morgan fingerprint density at radius 1 is 0.875 bits per heavy atom. The van der Waals surface area contributed by atoms with Crippen molar-refractivity contribution in [3.8, 4) is 0 Å². The van der Waals surface area contributed by atoms with E-state index in [2.05, 4.69) is 25.7 Å². The normalized spacial score (nSPS) is 42.6. The van der Waals surface area contributed by atoms with Crippen molar-refractivity contribution in [1.82, 2.24) is 0 Å². The van der Waals surface area contributed by atoms with E-state index in [1.54, 1.807) is 7.11 Å². The Morgan fingerprint density at radius 3 is 1.75 bits per heavy atom. The van der Waals surface area contributed by atoms with Gasteiger partial charge in [-0.3, -0.25) is 0 Å². The van der Waals surface area contributed by atoms with Crippen LogP contribution in [0, 0.1) is 41.4 Å². The minimum Gasteiger partial charge on any atom is -0.520 e. The van der Waals surface area contributed by atoms with Crippen molar-refractivity contribution in [2.75, 3.05) is 7.11 Å². The molecule has 4 fully saturated rings. The van der Waals surface area contributed by atoms with Crippen LogP contribution >= 0.6 is 0 Å². The fourth-order valence-electron chi connectivity index (χ4n) is 6.70. The smallest absolute Gasteiger partial charge is 0.261 e. The van der Waals surface area contributed by atoms with Gasteiger partial charge in [0, 0.05) is 0 Å². The Balaban J connectivity index is 1.58. The summed E-state index contributed by atoms with van der Waals surface area (Å²) >= 11 is 0. The van der Waals surface area contributed by atoms with Gasteiger partial charge in [-0.25, -0.2) is 0 Å². The van der Waals surface area contributed by atoms with E-state index in [0.29, 0.717) is 5.92 Å². The zero-order chi connectivity index (χ0) is 16.9. The van der Waals surface area contributed by atoms with Crippen molar-refractivity contribution in [1.29, 1.82) is 0 Å². The summed E-state index contributed by atoms with van der Waals surface area (Å²) in [7, 11) is 0.183. The van der Waals surface area contributed by atoms with E-state index in [0.717, 1.165) is 41.5 Å². The zero-order valence-corrected chi connectivity index (χ0v) is 17.1. The fourth-order valence-corrected chi connectivity index (χ4v) is 7.45. The number of fused-ring (bicyclic) bond motifs is 4. The molecule has 0 N–H and O–H groups in total. The summed E-state index contributed by atoms with van der Waals surface area (Å²) in [6, 6.07) is 0. The molecule has 0 saturated heterocycles. The van der Waals surface area contributed by atoms with Gasteiger partial charge < -0.3 is 9.16 Å². The molecular weight excluding hydrogens is 312 g/mol. The summed E-state index contributed by atoms with van der Waals surface area (Å²) in [5.74, 6) is 7.39. The molecule has 4 aliphatic carbocycles. The molecule has 0 aromatic heterocycles. The van der Waals surface area contributed by atoms with Gasteiger partial charge in [0.15, 0.2) is 0 Å². The van der Waals surface area contributed by atoms with Crippen LogP contribution in [-0.4, -0.2) is 15.4 Å². The summed E-state index contributed by atoms with van der Waals surface area (Å²) in [6.45, 7) is 6.76. The molecule has 3 heteroatoms. The minimum absolute atomic E-state index is 0.710. The van der Waals surface area contributed by atoms with Crippen LogP contribution in [-0.2, 0) is 9.16 Å². The van der Waals surface area contributed by atoms with Gasteiger partial charge in [0.2, 0.25) is 8.32 Å². The number of ether oxygens (including phenoxy) is 1. The van der Waals surface area contributed by atoms with Gasteiger partial charge in [-0.05, 0) is 106 Å². The number of allylic oxidation sites excluding steroid dienone is 1. The maximum Gasteiger partial charge on any atom is 0.261 e. The van der Waals surface area contributed by atoms with Crippen LogP contribution in [0.1, 0.15) is 51.4 Å². The van der Waals surface area contributed by atoms with Gasteiger partial charge in [0.1, 0.15) is 0 Å². The first kappa shape index (κ1) is 17.0. The van der Waals surface area contributed by atoms with Gasteiger partial charge in [-0.15, -0.1) is 0 Å². The molecule has 7 atom stereocenters. The van der Waals surface area contributed by atoms with Crippen molar-refractivity contribution in [2.45, 2.75) is 71.0 Å². The molecule has 4 saturated carbocycles. The summed E-state index contributed by atoms with van der Waals surface area (Å²) in [5, 5.41) is 0. The van der Waals surface area contributed by atoms with Gasteiger partial charge in [-0.2, -0.15) is 0 Å². The first-order valence-electron chi connectivity index (χ1n) is 10.4. The van der Waals surface area contributed by atoms with Gasteiger partial charge in [0.25, 0.3) is 5.95 Å². The molecule has 0 aromatic carbocycles. The highest BCUT2D eigenvalue weighted by Gasteiger charge is 2.50. The molecule has 0 aromatic rings. The average Bonchev–Trinajstić information content (AvgIpc) is 3.29. The van der Waals surface area contributed by atoms with E-state index >= 15 is 0 Å². The van der Waals surface area contributed by atoms with E-state index < -0.39 is 8.32 Å². The highest BCUT2D eigenvalue weighted by atomic mass is 28.4. The average molecular weight is 349 g/mol. The topological polar surface area (TPSA) is 18.5 Å². The predicted molar refractivity (Wildman–Crippen MR) is 101 cm³/mol. The second-order valence-corrected chi connectivity index (χ2v) is 14.6. The lowest BCUT2D eigenvalue weighted by Crippen LogP contribution is -2.31. The Bertz CT molecular complexity index is 467. The molecule has 0 amide bonds. The summed E-state index contributed by atoms with van der Waals surface area (Å²) in [4.78, 5) is 0. The number of methoxy groups -OCH3 is 1. The molecule has 4 rings (SSSR count). The fraction of sp³-hybridized carbons (Fsp3) is 0.905. The lowest BCUT2D eigenvalue weighted by Gasteiger charge is -2.37. The van der Waals surface area contributed by atoms with E-state index in [1.165, 1.54) is 51.4 Å². The Kier molecular flexibility index (Phi) is 4.51. The predicted octanol–water partition coefficient (Wildman–Crippen LogP) is 5.81. The van der Waals surface area contributed by atoms with Crippen LogP contribution < -0.4 is 0 Å². The molecule has 0 radical (unpaired) electrons. The number of hydrogen-bond acceptors (Lipinski definition) is 2. The summed E-state index contributed by atoms with van der Waals surface area (Å²) < 4.78 is 12.0. The quantitative estimate of drug-likeness (QED) is 0.445. The third-order valence-electron chi connectivity index (χ3n) is 7.51. The molecule has 3 unspecified atom stereocenters. The molecule has 0 spiro atoms. The van der Waals surface area contributed by atoms with Crippen LogP contribution in [0.25, 0.3) is 0 Å². The highest BCUT2D eigenvalue weighted by molar-refractivity contribution is 6.69. The van der Waals surface area contributed by atoms with Crippen molar-refractivity contribution in [3.05, 3.63) is 12.0 Å². The largest absolute Gasteiger partial charge is 0.520 e. The van der Waals surface area contributed by atoms with Gasteiger partial charge in [-0.1, -0.05) is 12.8 Å². The first-order chi connectivity index (χ1) is 11.4. The van der Waals surface area contributed by atoms with Crippen molar-refractivity contribution < 1.29 is 9.16 Å². The Hall–Kier alpha value is -0.443. The van der Waals surface area contributed by atoms with Crippen LogP contribution in [0.5, 0.6) is 0 Å². The van der Waals surface area contributed by atoms with Crippen LogP contribution in [0.15, 0.2) is 12.0 Å². The molecule has 0 aliphatic heterocycles. The molecule has 24 heavy (non-hydrogen) atoms. The van der Waals surface area contributed by atoms with Crippen LogP contribution in [0.2, 0.25) is 19.6 Å². The zero-order valence-electron chi connectivity index (χ0n) is 16.1. The SMILES string of the molecule is CO/C(=C\C(C1C[C@H]2CC[C@@H]1C2)C1C[C@@H]2CC[C@H]1C2)O[Si](C)(C)C. The molecule has 4 aliphatic rings. The summed E-state index contributed by atoms with van der Waals surface area (Å²) in [5.41, 5.74) is 0. The molecule has 136 valence electrons. The second kappa shape index (κ2) is 6.37. The van der Waals surface area contributed by atoms with E-state index in [1.807, 2.05) is 0 Å². The van der Waals surface area contributed by atoms with Gasteiger partial charge >= 0.3 is 0 Å². The van der Waals surface area contributed by atoms with Crippen molar-refractivity contribution >= 4 is 8.32 Å². The lowest BCUT2D eigenvalue weighted by molar-refractivity contribution is 0.117. The van der Waals surface area contributed by atoms with Crippen molar-refractivity contribution in [3.63, 3.8) is 0 Å². The van der Waals surface area contributed by atoms with E-state index in [-0.39, 0.29) is 0 Å². The van der Waals surface area contributed by atoms with E-state index in [4.69, 9.17) is 9.16 Å². The molecular formula is C21H36O2Si. The molecule has 2 nitrogen and oxygen atoms in total. The van der Waals surface area contributed by atoms with Crippen LogP contribution in [0.4, 0.5) is 0 Å². The summed E-state index contributed by atoms with van der Waals surface area (Å²) in [6.07, 6.45) is 14.4. The van der Waals surface area contributed by atoms with E-state index in [9.17, 15) is 0 Å². The number of rotatable bonds is 6. The maximum atomic E-state index is 6.27. The minimum atomic E-state index is -1.61. The third kappa shape index (κ3) is 3.30. The molecule has 4 bridgehead atoms. The third-order valence-corrected chi connectivity index (χ3v) is 8.32.